The second-order valence-corrected chi connectivity index (χ2v) is 2.62. The third kappa shape index (κ3) is 1.65. The number of aromatic nitrogens is 2. The average Bonchev–Trinajstić information content (AvgIpc) is 2.34. The van der Waals surface area contributed by atoms with Gasteiger partial charge in [-0.05, 0) is 13.8 Å². The van der Waals surface area contributed by atoms with Crippen LogP contribution in [0.25, 0.3) is 0 Å². The lowest BCUT2D eigenvalue weighted by molar-refractivity contribution is -0.0983. The number of ether oxygens (including phenoxy) is 1. The van der Waals surface area contributed by atoms with Gasteiger partial charge in [-0.15, -0.1) is 0 Å². The van der Waals surface area contributed by atoms with Crippen LogP contribution in [-0.4, -0.2) is 21.5 Å². The van der Waals surface area contributed by atoms with Crippen LogP contribution in [0.5, 0.6) is 0 Å². The molecule has 0 spiro atoms. The van der Waals surface area contributed by atoms with Crippen LogP contribution in [0.3, 0.4) is 0 Å². The Kier molecular flexibility index (Phi) is 2.83. The topological polar surface area (TPSA) is 47.3 Å². The summed E-state index contributed by atoms with van der Waals surface area (Å²) in [5.74, 6) is 0. The molecule has 0 aliphatic carbocycles. The van der Waals surface area contributed by atoms with Crippen molar-refractivity contribution in [1.82, 2.24) is 9.78 Å². The van der Waals surface area contributed by atoms with E-state index in [1.165, 1.54) is 0 Å². The van der Waals surface area contributed by atoms with E-state index in [9.17, 15) is 5.11 Å². The average molecular weight is 170 g/mol. The van der Waals surface area contributed by atoms with E-state index >= 15 is 0 Å². The number of aryl methyl sites for hydroxylation is 1. The molecule has 0 saturated carbocycles. The molecular formula is C8H14N2O2. The van der Waals surface area contributed by atoms with Crippen LogP contribution in [0.4, 0.5) is 0 Å². The molecule has 1 aromatic heterocycles. The number of rotatable bonds is 3. The molecule has 1 unspecified atom stereocenters. The first-order valence-corrected chi connectivity index (χ1v) is 3.95. The minimum absolute atomic E-state index is 0.496. The Hall–Kier alpha value is -0.870. The third-order valence-corrected chi connectivity index (χ3v) is 1.86. The number of aliphatic hydroxyl groups excluding tert-OH is 1. The summed E-state index contributed by atoms with van der Waals surface area (Å²) in [6, 6.07) is 0. The molecule has 4 nitrogen and oxygen atoms in total. The van der Waals surface area contributed by atoms with E-state index in [1.807, 2.05) is 20.9 Å². The molecule has 1 atom stereocenters. The minimum Gasteiger partial charge on any atom is -0.364 e. The van der Waals surface area contributed by atoms with Gasteiger partial charge in [0.2, 0.25) is 0 Å². The number of aliphatic hydroxyl groups is 1. The fourth-order valence-corrected chi connectivity index (χ4v) is 1.01. The maximum absolute atomic E-state index is 9.44. The van der Waals surface area contributed by atoms with Crippen LogP contribution >= 0.6 is 0 Å². The Labute approximate surface area is 71.8 Å². The van der Waals surface area contributed by atoms with Gasteiger partial charge in [0.05, 0.1) is 6.20 Å². The molecule has 0 aromatic carbocycles. The molecule has 0 amide bonds. The smallest absolute Gasteiger partial charge is 0.184 e. The van der Waals surface area contributed by atoms with Crippen molar-refractivity contribution >= 4 is 0 Å². The molecule has 1 aromatic rings. The summed E-state index contributed by atoms with van der Waals surface area (Å²) >= 11 is 0. The highest BCUT2D eigenvalue weighted by Gasteiger charge is 2.12. The maximum atomic E-state index is 9.44. The van der Waals surface area contributed by atoms with Crippen molar-refractivity contribution in [3.63, 3.8) is 0 Å². The number of hydrogen-bond acceptors (Lipinski definition) is 3. The van der Waals surface area contributed by atoms with Crippen molar-refractivity contribution < 1.29 is 9.84 Å². The Morgan fingerprint density at radius 2 is 2.42 bits per heavy atom. The maximum Gasteiger partial charge on any atom is 0.184 e. The van der Waals surface area contributed by atoms with E-state index in [0.29, 0.717) is 6.61 Å². The second kappa shape index (κ2) is 3.69. The largest absolute Gasteiger partial charge is 0.364 e. The zero-order valence-electron chi connectivity index (χ0n) is 7.61. The van der Waals surface area contributed by atoms with E-state index in [1.54, 1.807) is 10.9 Å². The molecule has 0 bridgehead atoms. The summed E-state index contributed by atoms with van der Waals surface area (Å²) in [7, 11) is 1.83. The summed E-state index contributed by atoms with van der Waals surface area (Å²) in [4.78, 5) is 0. The molecule has 0 aliphatic heterocycles. The fraction of sp³-hybridized carbons (Fsp3) is 0.625. The molecule has 1 N–H and O–H groups in total. The highest BCUT2D eigenvalue weighted by molar-refractivity contribution is 5.16. The van der Waals surface area contributed by atoms with Crippen LogP contribution in [0.2, 0.25) is 0 Å². The van der Waals surface area contributed by atoms with E-state index in [0.717, 1.165) is 11.3 Å². The van der Waals surface area contributed by atoms with Crippen molar-refractivity contribution in [1.29, 1.82) is 0 Å². The Bertz CT molecular complexity index is 258. The van der Waals surface area contributed by atoms with Crippen LogP contribution in [0.1, 0.15) is 24.5 Å². The van der Waals surface area contributed by atoms with Crippen molar-refractivity contribution in [2.24, 2.45) is 7.05 Å². The van der Waals surface area contributed by atoms with E-state index in [2.05, 4.69) is 5.10 Å². The lowest BCUT2D eigenvalue weighted by Gasteiger charge is -2.09. The van der Waals surface area contributed by atoms with Gasteiger partial charge in [0.1, 0.15) is 0 Å². The lowest BCUT2D eigenvalue weighted by atomic mass is 10.2. The number of hydrogen-bond donors (Lipinski definition) is 1. The highest BCUT2D eigenvalue weighted by atomic mass is 16.6. The van der Waals surface area contributed by atoms with Crippen LogP contribution < -0.4 is 0 Å². The molecule has 0 radical (unpaired) electrons. The molecule has 4 heteroatoms. The summed E-state index contributed by atoms with van der Waals surface area (Å²) < 4.78 is 6.73. The van der Waals surface area contributed by atoms with E-state index < -0.39 is 6.29 Å². The predicted octanol–water partition coefficient (Wildman–Crippen LogP) is 0.756. The van der Waals surface area contributed by atoms with Crippen molar-refractivity contribution in [2.45, 2.75) is 20.1 Å². The summed E-state index contributed by atoms with van der Waals surface area (Å²) in [5.41, 5.74) is 1.66. The van der Waals surface area contributed by atoms with Gasteiger partial charge < -0.3 is 9.84 Å². The van der Waals surface area contributed by atoms with Gasteiger partial charge in [-0.25, -0.2) is 0 Å². The Morgan fingerprint density at radius 3 is 2.83 bits per heavy atom. The first-order valence-electron chi connectivity index (χ1n) is 3.95. The lowest BCUT2D eigenvalue weighted by Crippen LogP contribution is -2.04. The zero-order chi connectivity index (χ0) is 9.14. The second-order valence-electron chi connectivity index (χ2n) is 2.62. The molecule has 1 heterocycles. The normalized spacial score (nSPS) is 13.3. The first-order chi connectivity index (χ1) is 5.66. The highest BCUT2D eigenvalue weighted by Crippen LogP contribution is 2.16. The SMILES string of the molecule is CCOC(O)c1cnn(C)c1C. The van der Waals surface area contributed by atoms with Crippen LogP contribution in [0.15, 0.2) is 6.20 Å². The van der Waals surface area contributed by atoms with Crippen molar-refractivity contribution in [2.75, 3.05) is 6.61 Å². The van der Waals surface area contributed by atoms with Crippen LogP contribution in [0, 0.1) is 6.92 Å². The quantitative estimate of drug-likeness (QED) is 0.681. The third-order valence-electron chi connectivity index (χ3n) is 1.86. The zero-order valence-corrected chi connectivity index (χ0v) is 7.61. The predicted molar refractivity (Wildman–Crippen MR) is 44.5 cm³/mol. The number of nitrogens with zero attached hydrogens (tertiary/aromatic N) is 2. The van der Waals surface area contributed by atoms with E-state index in [4.69, 9.17) is 4.74 Å². The van der Waals surface area contributed by atoms with Gasteiger partial charge in [-0.2, -0.15) is 5.10 Å². The molecule has 12 heavy (non-hydrogen) atoms. The minimum atomic E-state index is -0.844. The van der Waals surface area contributed by atoms with Gasteiger partial charge >= 0.3 is 0 Å². The fourth-order valence-electron chi connectivity index (χ4n) is 1.01. The van der Waals surface area contributed by atoms with E-state index in [-0.39, 0.29) is 0 Å². The summed E-state index contributed by atoms with van der Waals surface area (Å²) in [6.45, 7) is 4.23. The van der Waals surface area contributed by atoms with Gasteiger partial charge in [0.25, 0.3) is 0 Å². The first kappa shape index (κ1) is 9.22. The molecule has 1 rings (SSSR count). The Balaban J connectivity index is 2.80. The summed E-state index contributed by atoms with van der Waals surface area (Å²) in [5, 5.41) is 13.4. The van der Waals surface area contributed by atoms with Gasteiger partial charge in [0.15, 0.2) is 6.29 Å². The Morgan fingerprint density at radius 1 is 1.75 bits per heavy atom. The molecule has 0 aliphatic rings. The molecule has 68 valence electrons. The standard InChI is InChI=1S/C8H14N2O2/c1-4-12-8(11)7-5-9-10(3)6(7)2/h5,8,11H,4H2,1-3H3. The molecule has 0 saturated heterocycles. The monoisotopic (exact) mass is 170 g/mol. The van der Waals surface area contributed by atoms with Gasteiger partial charge in [-0.3, -0.25) is 4.68 Å². The van der Waals surface area contributed by atoms with Gasteiger partial charge in [0, 0.05) is 24.9 Å². The summed E-state index contributed by atoms with van der Waals surface area (Å²) in [6.07, 6.45) is 0.777. The van der Waals surface area contributed by atoms with Gasteiger partial charge in [-0.1, -0.05) is 0 Å². The van der Waals surface area contributed by atoms with Crippen molar-refractivity contribution in [3.8, 4) is 0 Å². The molecule has 0 fully saturated rings. The van der Waals surface area contributed by atoms with Crippen molar-refractivity contribution in [3.05, 3.63) is 17.5 Å². The van der Waals surface area contributed by atoms with Crippen LogP contribution in [-0.2, 0) is 11.8 Å². The molecular weight excluding hydrogens is 156 g/mol.